The Morgan fingerprint density at radius 2 is 2.06 bits per heavy atom. The van der Waals surface area contributed by atoms with Crippen LogP contribution in [-0.2, 0) is 14.3 Å². The number of hydrogen-bond acceptors (Lipinski definition) is 4. The molecule has 1 aromatic carbocycles. The van der Waals surface area contributed by atoms with Gasteiger partial charge in [0, 0.05) is 9.92 Å². The van der Waals surface area contributed by atoms with E-state index >= 15 is 0 Å². The third kappa shape index (κ3) is 5.30. The van der Waals surface area contributed by atoms with E-state index in [0.29, 0.717) is 14.9 Å². The number of benzene rings is 1. The lowest BCUT2D eigenvalue weighted by Crippen LogP contribution is -2.21. The minimum atomic E-state index is -0.691. The molecule has 92 valence electrons. The minimum Gasteiger partial charge on any atom is -0.455 e. The molecule has 0 aliphatic heterocycles. The molecule has 0 heterocycles. The molecule has 0 aromatic heterocycles. The fourth-order valence-corrected chi connectivity index (χ4v) is 2.21. The molecule has 0 bridgehead atoms. The predicted molar refractivity (Wildman–Crippen MR) is 67.3 cm³/mol. The number of amides is 1. The second kappa shape index (κ2) is 6.74. The van der Waals surface area contributed by atoms with Gasteiger partial charge in [-0.1, -0.05) is 23.2 Å². The summed E-state index contributed by atoms with van der Waals surface area (Å²) in [7, 11) is 0. The van der Waals surface area contributed by atoms with Crippen LogP contribution in [0.2, 0.25) is 10.0 Å². The maximum atomic E-state index is 11.2. The van der Waals surface area contributed by atoms with Gasteiger partial charge in [0.25, 0.3) is 5.91 Å². The lowest BCUT2D eigenvalue weighted by Gasteiger charge is -2.04. The highest BCUT2D eigenvalue weighted by atomic mass is 35.5. The zero-order chi connectivity index (χ0) is 12.8. The molecular weight excluding hydrogens is 285 g/mol. The molecule has 7 heteroatoms. The van der Waals surface area contributed by atoms with Crippen molar-refractivity contribution in [2.45, 2.75) is 4.90 Å². The normalized spacial score (nSPS) is 10.0. The number of carbonyl (C=O) groups excluding carboxylic acids is 2. The third-order valence-corrected chi connectivity index (χ3v) is 3.32. The van der Waals surface area contributed by atoms with E-state index in [4.69, 9.17) is 28.9 Å². The Balaban J connectivity index is 2.47. The lowest BCUT2D eigenvalue weighted by atomic mass is 10.4. The third-order valence-electron chi connectivity index (χ3n) is 1.61. The molecule has 0 unspecified atom stereocenters. The molecule has 4 nitrogen and oxygen atoms in total. The van der Waals surface area contributed by atoms with E-state index in [1.165, 1.54) is 11.8 Å². The maximum absolute atomic E-state index is 11.2. The highest BCUT2D eigenvalue weighted by molar-refractivity contribution is 8.00. The van der Waals surface area contributed by atoms with Crippen molar-refractivity contribution >= 4 is 46.8 Å². The Hall–Kier alpha value is -0.910. The van der Waals surface area contributed by atoms with Crippen molar-refractivity contribution in [1.29, 1.82) is 0 Å². The first-order valence-corrected chi connectivity index (χ1v) is 6.25. The summed E-state index contributed by atoms with van der Waals surface area (Å²) in [4.78, 5) is 22.2. The van der Waals surface area contributed by atoms with Crippen LogP contribution in [0.25, 0.3) is 0 Å². The first-order chi connectivity index (χ1) is 7.99. The summed E-state index contributed by atoms with van der Waals surface area (Å²) in [5.41, 5.74) is 4.83. The number of ether oxygens (including phenoxy) is 1. The van der Waals surface area contributed by atoms with Gasteiger partial charge in [-0.05, 0) is 18.2 Å². The number of halogens is 2. The fourth-order valence-electron chi connectivity index (χ4n) is 0.918. The van der Waals surface area contributed by atoms with Crippen molar-refractivity contribution in [3.05, 3.63) is 28.2 Å². The van der Waals surface area contributed by atoms with Gasteiger partial charge in [-0.25, -0.2) is 0 Å². The van der Waals surface area contributed by atoms with Crippen molar-refractivity contribution in [2.75, 3.05) is 12.4 Å². The average molecular weight is 294 g/mol. The van der Waals surface area contributed by atoms with Crippen LogP contribution in [0.1, 0.15) is 0 Å². The predicted octanol–water partition coefficient (Wildman–Crippen LogP) is 2.11. The average Bonchev–Trinajstić information content (AvgIpc) is 2.27. The van der Waals surface area contributed by atoms with E-state index in [2.05, 4.69) is 4.74 Å². The number of nitrogens with two attached hydrogens (primary N) is 1. The van der Waals surface area contributed by atoms with Gasteiger partial charge in [0.05, 0.1) is 10.8 Å². The van der Waals surface area contributed by atoms with Gasteiger partial charge < -0.3 is 10.5 Å². The Morgan fingerprint density at radius 3 is 2.71 bits per heavy atom. The summed E-state index contributed by atoms with van der Waals surface area (Å²) in [5, 5.41) is 1.03. The van der Waals surface area contributed by atoms with E-state index in [-0.39, 0.29) is 5.75 Å². The monoisotopic (exact) mass is 293 g/mol. The van der Waals surface area contributed by atoms with Crippen LogP contribution < -0.4 is 5.73 Å². The molecular formula is C10H9Cl2NO3S. The number of thioether (sulfide) groups is 1. The van der Waals surface area contributed by atoms with Crippen molar-refractivity contribution in [3.8, 4) is 0 Å². The Bertz CT molecular complexity index is 440. The summed E-state index contributed by atoms with van der Waals surface area (Å²) in [5.74, 6) is -1.19. The molecule has 17 heavy (non-hydrogen) atoms. The molecule has 0 saturated carbocycles. The van der Waals surface area contributed by atoms with E-state index < -0.39 is 18.5 Å². The van der Waals surface area contributed by atoms with Crippen molar-refractivity contribution < 1.29 is 14.3 Å². The summed E-state index contributed by atoms with van der Waals surface area (Å²) in [6.45, 7) is -0.414. The second-order valence-electron chi connectivity index (χ2n) is 2.99. The summed E-state index contributed by atoms with van der Waals surface area (Å²) >= 11 is 12.9. The quantitative estimate of drug-likeness (QED) is 0.667. The molecule has 1 aromatic rings. The zero-order valence-corrected chi connectivity index (χ0v) is 10.9. The second-order valence-corrected chi connectivity index (χ2v) is 4.85. The Kier molecular flexibility index (Phi) is 5.61. The summed E-state index contributed by atoms with van der Waals surface area (Å²) < 4.78 is 4.58. The van der Waals surface area contributed by atoms with Gasteiger partial charge in [-0.2, -0.15) is 0 Å². The van der Waals surface area contributed by atoms with Crippen LogP contribution in [0.15, 0.2) is 23.1 Å². The standard InChI is InChI=1S/C10H9Cl2NO3S/c11-6-1-2-7(12)8(3-6)17-5-10(15)16-4-9(13)14/h1-3H,4-5H2,(H2,13,14). The molecule has 0 atom stereocenters. The van der Waals surface area contributed by atoms with Gasteiger partial charge in [0.15, 0.2) is 6.61 Å². The van der Waals surface area contributed by atoms with Gasteiger partial charge in [0.1, 0.15) is 0 Å². The highest BCUT2D eigenvalue weighted by Crippen LogP contribution is 2.29. The van der Waals surface area contributed by atoms with Crippen LogP contribution in [0.3, 0.4) is 0 Å². The molecule has 2 N–H and O–H groups in total. The first kappa shape index (κ1) is 14.2. The van der Waals surface area contributed by atoms with Gasteiger partial charge in [-0.15, -0.1) is 11.8 Å². The summed E-state index contributed by atoms with van der Waals surface area (Å²) in [6, 6.07) is 4.94. The van der Waals surface area contributed by atoms with Crippen LogP contribution in [-0.4, -0.2) is 24.2 Å². The van der Waals surface area contributed by atoms with Crippen LogP contribution in [0.4, 0.5) is 0 Å². The van der Waals surface area contributed by atoms with Crippen molar-refractivity contribution in [2.24, 2.45) is 5.73 Å². The van der Waals surface area contributed by atoms with Gasteiger partial charge in [0.2, 0.25) is 0 Å². The zero-order valence-electron chi connectivity index (χ0n) is 8.61. The molecule has 1 amide bonds. The Labute approximate surface area is 112 Å². The molecule has 0 fully saturated rings. The molecule has 0 aliphatic carbocycles. The minimum absolute atomic E-state index is 0.0351. The summed E-state index contributed by atoms with van der Waals surface area (Å²) in [6.07, 6.45) is 0. The van der Waals surface area contributed by atoms with Gasteiger partial charge >= 0.3 is 5.97 Å². The van der Waals surface area contributed by atoms with E-state index in [1.54, 1.807) is 18.2 Å². The SMILES string of the molecule is NC(=O)COC(=O)CSc1cc(Cl)ccc1Cl. The van der Waals surface area contributed by atoms with Crippen LogP contribution >= 0.6 is 35.0 Å². The maximum Gasteiger partial charge on any atom is 0.316 e. The van der Waals surface area contributed by atoms with Crippen LogP contribution in [0, 0.1) is 0 Å². The van der Waals surface area contributed by atoms with Gasteiger partial charge in [-0.3, -0.25) is 9.59 Å². The largest absolute Gasteiger partial charge is 0.455 e. The van der Waals surface area contributed by atoms with Crippen molar-refractivity contribution in [1.82, 2.24) is 0 Å². The smallest absolute Gasteiger partial charge is 0.316 e. The van der Waals surface area contributed by atoms with Crippen LogP contribution in [0.5, 0.6) is 0 Å². The van der Waals surface area contributed by atoms with E-state index in [0.717, 1.165) is 0 Å². The number of hydrogen-bond donors (Lipinski definition) is 1. The highest BCUT2D eigenvalue weighted by Gasteiger charge is 2.08. The van der Waals surface area contributed by atoms with E-state index in [1.807, 2.05) is 0 Å². The molecule has 0 spiro atoms. The first-order valence-electron chi connectivity index (χ1n) is 4.51. The number of primary amides is 1. The number of carbonyl (C=O) groups is 2. The molecule has 0 aliphatic rings. The fraction of sp³-hybridized carbons (Fsp3) is 0.200. The lowest BCUT2D eigenvalue weighted by molar-refractivity contribution is -0.145. The Morgan fingerprint density at radius 1 is 1.35 bits per heavy atom. The topological polar surface area (TPSA) is 69.4 Å². The molecule has 1 rings (SSSR count). The number of rotatable bonds is 5. The molecule has 0 radical (unpaired) electrons. The van der Waals surface area contributed by atoms with Crippen molar-refractivity contribution in [3.63, 3.8) is 0 Å². The van der Waals surface area contributed by atoms with E-state index in [9.17, 15) is 9.59 Å². The number of esters is 1. The molecule has 0 saturated heterocycles.